The Kier molecular flexibility index (Phi) is 3.85. The van der Waals surface area contributed by atoms with Crippen LogP contribution in [0.2, 0.25) is 0 Å². The van der Waals surface area contributed by atoms with E-state index in [1.165, 1.54) is 18.2 Å². The monoisotopic (exact) mass is 194 g/mol. The maximum Gasteiger partial charge on any atom is 0.133 e. The first kappa shape index (κ1) is 10.4. The zero-order valence-electron chi connectivity index (χ0n) is 8.10. The van der Waals surface area contributed by atoms with Crippen LogP contribution < -0.4 is 4.74 Å². The zero-order chi connectivity index (χ0) is 10.4. The number of phenols is 2. The average molecular weight is 194 g/mol. The summed E-state index contributed by atoms with van der Waals surface area (Å²) >= 11 is 0. The molecule has 76 valence electrons. The van der Waals surface area contributed by atoms with Gasteiger partial charge < -0.3 is 14.9 Å². The van der Waals surface area contributed by atoms with Crippen LogP contribution in [0.4, 0.5) is 0 Å². The molecule has 0 radical (unpaired) electrons. The molecule has 0 heterocycles. The van der Waals surface area contributed by atoms with Crippen molar-refractivity contribution in [3.8, 4) is 17.2 Å². The highest BCUT2D eigenvalue weighted by atomic mass is 16.5. The second-order valence-electron chi connectivity index (χ2n) is 2.96. The lowest BCUT2D eigenvalue weighted by molar-refractivity contribution is 0.430. The van der Waals surface area contributed by atoms with Crippen LogP contribution in [-0.4, -0.2) is 10.2 Å². The van der Waals surface area contributed by atoms with Crippen molar-refractivity contribution in [1.29, 1.82) is 0 Å². The van der Waals surface area contributed by atoms with Crippen LogP contribution in [0.1, 0.15) is 19.8 Å². The van der Waals surface area contributed by atoms with E-state index < -0.39 is 0 Å². The molecule has 3 heteroatoms. The third-order valence-electron chi connectivity index (χ3n) is 1.63. The van der Waals surface area contributed by atoms with Gasteiger partial charge in [0.15, 0.2) is 0 Å². The second-order valence-corrected chi connectivity index (χ2v) is 2.96. The smallest absolute Gasteiger partial charge is 0.133 e. The maximum atomic E-state index is 9.13. The van der Waals surface area contributed by atoms with Crippen molar-refractivity contribution in [3.63, 3.8) is 0 Å². The zero-order valence-corrected chi connectivity index (χ0v) is 8.10. The van der Waals surface area contributed by atoms with Gasteiger partial charge >= 0.3 is 0 Å². The predicted octanol–water partition coefficient (Wildman–Crippen LogP) is 2.79. The minimum absolute atomic E-state index is 0.0103. The lowest BCUT2D eigenvalue weighted by Gasteiger charge is -2.01. The molecule has 0 unspecified atom stereocenters. The van der Waals surface area contributed by atoms with Gasteiger partial charge in [-0.05, 0) is 12.5 Å². The Bertz CT molecular complexity index is 298. The van der Waals surface area contributed by atoms with Gasteiger partial charge in [-0.2, -0.15) is 0 Å². The van der Waals surface area contributed by atoms with E-state index in [0.29, 0.717) is 5.75 Å². The highest BCUT2D eigenvalue weighted by molar-refractivity contribution is 5.40. The largest absolute Gasteiger partial charge is 0.508 e. The molecule has 2 N–H and O–H groups in total. The molecule has 0 bridgehead atoms. The van der Waals surface area contributed by atoms with Crippen LogP contribution >= 0.6 is 0 Å². The molecule has 1 aromatic carbocycles. The number of allylic oxidation sites excluding steroid dienone is 1. The summed E-state index contributed by atoms with van der Waals surface area (Å²) in [6.07, 6.45) is 5.45. The van der Waals surface area contributed by atoms with E-state index in [0.717, 1.165) is 12.8 Å². The molecule has 0 atom stereocenters. The summed E-state index contributed by atoms with van der Waals surface area (Å²) in [4.78, 5) is 0. The number of benzene rings is 1. The van der Waals surface area contributed by atoms with Gasteiger partial charge in [0.05, 0.1) is 6.26 Å². The molecule has 14 heavy (non-hydrogen) atoms. The van der Waals surface area contributed by atoms with Gasteiger partial charge in [0, 0.05) is 18.2 Å². The molecule has 0 aliphatic carbocycles. The quantitative estimate of drug-likeness (QED) is 0.724. The van der Waals surface area contributed by atoms with E-state index in [9.17, 15) is 0 Å². The van der Waals surface area contributed by atoms with E-state index in [4.69, 9.17) is 14.9 Å². The first-order valence-corrected chi connectivity index (χ1v) is 4.57. The predicted molar refractivity (Wildman–Crippen MR) is 54.4 cm³/mol. The summed E-state index contributed by atoms with van der Waals surface area (Å²) < 4.78 is 5.17. The summed E-state index contributed by atoms with van der Waals surface area (Å²) in [6, 6.07) is 4.13. The fraction of sp³-hybridized carbons (Fsp3) is 0.273. The number of unbranched alkanes of at least 4 members (excludes halogenated alkanes) is 1. The maximum absolute atomic E-state index is 9.13. The molecule has 0 saturated carbocycles. The van der Waals surface area contributed by atoms with Crippen LogP contribution in [0, 0.1) is 0 Å². The van der Waals surface area contributed by atoms with Crippen LogP contribution in [0.25, 0.3) is 0 Å². The van der Waals surface area contributed by atoms with Gasteiger partial charge in [-0.25, -0.2) is 0 Å². The molecule has 0 saturated heterocycles. The minimum atomic E-state index is -0.0103. The van der Waals surface area contributed by atoms with E-state index >= 15 is 0 Å². The number of aromatic hydroxyl groups is 2. The van der Waals surface area contributed by atoms with Crippen molar-refractivity contribution in [2.24, 2.45) is 0 Å². The number of hydrogen-bond acceptors (Lipinski definition) is 3. The van der Waals surface area contributed by atoms with Gasteiger partial charge in [-0.3, -0.25) is 0 Å². The molecule has 1 aromatic rings. The van der Waals surface area contributed by atoms with Gasteiger partial charge in [-0.15, -0.1) is 0 Å². The van der Waals surface area contributed by atoms with E-state index in [1.54, 1.807) is 6.26 Å². The Balaban J connectivity index is 2.58. The number of phenolic OH excluding ortho intramolecular Hbond substituents is 2. The number of hydrogen-bond donors (Lipinski definition) is 2. The fourth-order valence-corrected chi connectivity index (χ4v) is 0.997. The Morgan fingerprint density at radius 2 is 1.86 bits per heavy atom. The van der Waals surface area contributed by atoms with E-state index in [1.807, 2.05) is 6.08 Å². The third kappa shape index (κ3) is 3.39. The highest BCUT2D eigenvalue weighted by Gasteiger charge is 1.97. The molecule has 1 rings (SSSR count). The van der Waals surface area contributed by atoms with Crippen molar-refractivity contribution in [2.75, 3.05) is 0 Å². The van der Waals surface area contributed by atoms with Crippen molar-refractivity contribution in [1.82, 2.24) is 0 Å². The Morgan fingerprint density at radius 3 is 2.43 bits per heavy atom. The van der Waals surface area contributed by atoms with Crippen molar-refractivity contribution in [2.45, 2.75) is 19.8 Å². The molecule has 0 fully saturated rings. The Labute approximate surface area is 83.3 Å². The molecule has 0 aliphatic heterocycles. The van der Waals surface area contributed by atoms with Crippen LogP contribution in [-0.2, 0) is 0 Å². The second kappa shape index (κ2) is 5.17. The Hall–Kier alpha value is -1.64. The van der Waals surface area contributed by atoms with Gasteiger partial charge in [-0.1, -0.05) is 13.3 Å². The van der Waals surface area contributed by atoms with Crippen molar-refractivity contribution < 1.29 is 14.9 Å². The van der Waals surface area contributed by atoms with Gasteiger partial charge in [0.2, 0.25) is 0 Å². The Morgan fingerprint density at radius 1 is 1.21 bits per heavy atom. The fourth-order valence-electron chi connectivity index (χ4n) is 0.997. The molecular weight excluding hydrogens is 180 g/mol. The standard InChI is InChI=1S/C11H14O3/c1-2-3-4-5-14-11-7-9(12)6-10(13)8-11/h4-8,12-13H,2-3H2,1H3. The molecule has 0 aromatic heterocycles. The van der Waals surface area contributed by atoms with Crippen LogP contribution in [0.15, 0.2) is 30.5 Å². The van der Waals surface area contributed by atoms with E-state index in [2.05, 4.69) is 6.92 Å². The highest BCUT2D eigenvalue weighted by Crippen LogP contribution is 2.25. The first-order chi connectivity index (χ1) is 6.72. The topological polar surface area (TPSA) is 49.7 Å². The molecule has 0 aliphatic rings. The SMILES string of the molecule is CCCC=COc1cc(O)cc(O)c1. The van der Waals surface area contributed by atoms with Gasteiger partial charge in [0.1, 0.15) is 17.2 Å². The van der Waals surface area contributed by atoms with Crippen LogP contribution in [0.5, 0.6) is 17.2 Å². The summed E-state index contributed by atoms with van der Waals surface area (Å²) in [7, 11) is 0. The summed E-state index contributed by atoms with van der Waals surface area (Å²) in [5.74, 6) is 0.405. The molecular formula is C11H14O3. The van der Waals surface area contributed by atoms with E-state index in [-0.39, 0.29) is 11.5 Å². The van der Waals surface area contributed by atoms with Crippen molar-refractivity contribution >= 4 is 0 Å². The minimum Gasteiger partial charge on any atom is -0.508 e. The third-order valence-corrected chi connectivity index (χ3v) is 1.63. The molecule has 0 amide bonds. The van der Waals surface area contributed by atoms with Gasteiger partial charge in [0.25, 0.3) is 0 Å². The lowest BCUT2D eigenvalue weighted by Crippen LogP contribution is -1.81. The lowest BCUT2D eigenvalue weighted by atomic mass is 10.3. The average Bonchev–Trinajstić information content (AvgIpc) is 2.11. The summed E-state index contributed by atoms with van der Waals surface area (Å²) in [5, 5.41) is 18.3. The molecule has 3 nitrogen and oxygen atoms in total. The number of ether oxygens (including phenoxy) is 1. The molecule has 0 spiro atoms. The first-order valence-electron chi connectivity index (χ1n) is 4.57. The summed E-state index contributed by atoms with van der Waals surface area (Å²) in [6.45, 7) is 2.07. The summed E-state index contributed by atoms with van der Waals surface area (Å²) in [5.41, 5.74) is 0. The number of rotatable bonds is 4. The normalized spacial score (nSPS) is 10.6. The van der Waals surface area contributed by atoms with Crippen LogP contribution in [0.3, 0.4) is 0 Å². The van der Waals surface area contributed by atoms with Crippen molar-refractivity contribution in [3.05, 3.63) is 30.5 Å².